The molecule has 4 heterocycles. The summed E-state index contributed by atoms with van der Waals surface area (Å²) in [6.45, 7) is -6.30. The van der Waals surface area contributed by atoms with Crippen molar-refractivity contribution in [2.75, 3.05) is 95.1 Å². The first-order chi connectivity index (χ1) is 34.7. The number of epoxide rings is 1. The number of aryl methyl sites for hydroxylation is 1. The van der Waals surface area contributed by atoms with Crippen LogP contribution in [-0.4, -0.2) is 183 Å². The standard InChI is InChI=1S/C15H15Cl2F3N4O2.C8H11ClF3N5O2.C5H10F3NO2.C5H7F3O2.C3H2Cl2N4/c16-10-3-1-2-9(12(10)17)13-14(21)22-11(23-24-13)5-4-8(25)6-26-7-15(18,19)20;9-5-6(13)15-7(17-16-5)14-1-4(18)2-19-3-8(10,11)12;6-5(7,8)3-11-2-4(10)1-9;6-5(7,8)3-9-1-4-2-10-4;4-1-2(6)7-3(5)9-8-1/h1-3,8,25H,4-7H2,(H2,21,22,23);4,18H,1-3H2,(H3,13,14,15,17);4,10H,1-3,9H2;4H,1-3H2;(H2,6,7,9)/t8-;3*4-;/m0001./s1. The number of benzene rings is 1. The molecule has 0 unspecified atom stereocenters. The normalized spacial score (nSPS) is 14.5. The van der Waals surface area contributed by atoms with Gasteiger partial charge in [0.1, 0.15) is 38.2 Å². The third-order valence-corrected chi connectivity index (χ3v) is 8.97. The van der Waals surface area contributed by atoms with Crippen molar-refractivity contribution in [3.05, 3.63) is 49.7 Å². The number of hydrogen-bond acceptors (Lipinski definition) is 22. The average molecular weight is 1210 g/mol. The van der Waals surface area contributed by atoms with Gasteiger partial charge in [-0.2, -0.15) is 62.7 Å². The van der Waals surface area contributed by atoms with Gasteiger partial charge in [0, 0.05) is 25.1 Å². The van der Waals surface area contributed by atoms with E-state index in [1.807, 2.05) is 0 Å². The van der Waals surface area contributed by atoms with E-state index in [4.69, 9.17) is 86.0 Å². The Kier molecular flexibility index (Phi) is 30.9. The number of anilines is 4. The second kappa shape index (κ2) is 33.8. The molecule has 0 saturated carbocycles. The monoisotopic (exact) mass is 1200 g/mol. The molecule has 1 aliphatic rings. The van der Waals surface area contributed by atoms with Crippen LogP contribution in [0.15, 0.2) is 18.2 Å². The zero-order valence-electron chi connectivity index (χ0n) is 37.9. The lowest BCUT2D eigenvalue weighted by molar-refractivity contribution is -0.179. The molecular formula is C36H45Cl5F12N14O8. The Morgan fingerprint density at radius 3 is 1.59 bits per heavy atom. The topological polar surface area (TPSA) is 342 Å². The van der Waals surface area contributed by atoms with Crippen LogP contribution in [0.4, 0.5) is 76.1 Å². The number of aromatic nitrogens is 9. The maximum absolute atomic E-state index is 12.0. The molecule has 0 radical (unpaired) electrons. The highest BCUT2D eigenvalue weighted by Gasteiger charge is 2.31. The van der Waals surface area contributed by atoms with Crippen molar-refractivity contribution < 1.29 is 91.7 Å². The number of nitrogens with zero attached hydrogens (tertiary/aromatic N) is 9. The number of nitrogens with one attached hydrogen (secondary N) is 1. The Balaban J connectivity index is 0.000000501. The summed E-state index contributed by atoms with van der Waals surface area (Å²) in [6.07, 6.45) is -20.5. The third-order valence-electron chi connectivity index (χ3n) is 7.45. The predicted octanol–water partition coefficient (Wildman–Crippen LogP) is 5.37. The number of alkyl halides is 12. The molecule has 0 spiro atoms. The maximum atomic E-state index is 12.0. The highest BCUT2D eigenvalue weighted by Crippen LogP contribution is 2.34. The van der Waals surface area contributed by atoms with E-state index < -0.39 is 82.7 Å². The van der Waals surface area contributed by atoms with Crippen molar-refractivity contribution in [1.29, 1.82) is 0 Å². The van der Waals surface area contributed by atoms with Crippen LogP contribution >= 0.6 is 58.0 Å². The Labute approximate surface area is 441 Å². The van der Waals surface area contributed by atoms with Crippen LogP contribution in [0.1, 0.15) is 12.2 Å². The van der Waals surface area contributed by atoms with E-state index in [0.29, 0.717) is 17.2 Å². The second-order valence-corrected chi connectivity index (χ2v) is 16.1. The number of aliphatic hydroxyl groups excluding tert-OH is 3. The summed E-state index contributed by atoms with van der Waals surface area (Å²) in [5, 5.41) is 52.3. The summed E-state index contributed by atoms with van der Waals surface area (Å²) in [4.78, 5) is 11.3. The van der Waals surface area contributed by atoms with Crippen molar-refractivity contribution in [2.45, 2.75) is 62.0 Å². The zero-order chi connectivity index (χ0) is 57.2. The summed E-state index contributed by atoms with van der Waals surface area (Å²) in [5.74, 6) is 0.344. The van der Waals surface area contributed by atoms with Gasteiger partial charge in [0.05, 0.1) is 61.4 Å². The van der Waals surface area contributed by atoms with Crippen molar-refractivity contribution >= 4 is 81.4 Å². The summed E-state index contributed by atoms with van der Waals surface area (Å²) in [5.41, 5.74) is 22.1. The van der Waals surface area contributed by atoms with Gasteiger partial charge in [0.15, 0.2) is 33.6 Å². The molecule has 12 N–H and O–H groups in total. The highest BCUT2D eigenvalue weighted by molar-refractivity contribution is 6.43. The van der Waals surface area contributed by atoms with Gasteiger partial charge in [-0.1, -0.05) is 58.5 Å². The molecule has 0 amide bonds. The van der Waals surface area contributed by atoms with Crippen LogP contribution in [0.3, 0.4) is 0 Å². The van der Waals surface area contributed by atoms with E-state index in [-0.39, 0.29) is 101 Å². The van der Waals surface area contributed by atoms with Gasteiger partial charge < -0.3 is 67.3 Å². The van der Waals surface area contributed by atoms with Crippen LogP contribution < -0.4 is 28.3 Å². The van der Waals surface area contributed by atoms with E-state index in [1.54, 1.807) is 18.2 Å². The van der Waals surface area contributed by atoms with Gasteiger partial charge in [0.25, 0.3) is 0 Å². The fourth-order valence-electron chi connectivity index (χ4n) is 4.18. The van der Waals surface area contributed by atoms with E-state index in [0.717, 1.165) is 0 Å². The molecular weight excluding hydrogens is 1160 g/mol. The first kappa shape index (κ1) is 68.7. The average Bonchev–Trinajstić information content (AvgIpc) is 4.12. The van der Waals surface area contributed by atoms with E-state index in [2.05, 4.69) is 74.5 Å². The number of rotatable bonds is 20. The number of halogens is 17. The van der Waals surface area contributed by atoms with Gasteiger partial charge in [-0.05, 0) is 24.1 Å². The largest absolute Gasteiger partial charge is 0.411 e. The fourth-order valence-corrected chi connectivity index (χ4v) is 4.86. The van der Waals surface area contributed by atoms with Gasteiger partial charge in [-0.25, -0.2) is 4.98 Å². The molecule has 5 rings (SSSR count). The summed E-state index contributed by atoms with van der Waals surface area (Å²) < 4.78 is 161. The zero-order valence-corrected chi connectivity index (χ0v) is 41.7. The molecule has 426 valence electrons. The molecule has 1 saturated heterocycles. The van der Waals surface area contributed by atoms with Crippen LogP contribution in [0.2, 0.25) is 25.6 Å². The SMILES string of the molecule is FC(F)(F)COC[C@@H]1CO1.NC[C@H](O)COCC(F)(F)F.Nc1nc(CC[C@H](O)COCC(F)(F)F)nnc1-c1cccc(Cl)c1Cl.Nc1nc(Cl)nnc1Cl.Nc1nc(NC[C@H](O)COCC(F)(F)F)nnc1Cl. The molecule has 1 aromatic carbocycles. The molecule has 1 fully saturated rings. The van der Waals surface area contributed by atoms with Crippen molar-refractivity contribution in [3.63, 3.8) is 0 Å². The van der Waals surface area contributed by atoms with E-state index >= 15 is 0 Å². The predicted molar refractivity (Wildman–Crippen MR) is 244 cm³/mol. The summed E-state index contributed by atoms with van der Waals surface area (Å²) in [6, 6.07) is 4.95. The van der Waals surface area contributed by atoms with Crippen molar-refractivity contribution in [1.82, 2.24) is 45.5 Å². The molecule has 4 atom stereocenters. The van der Waals surface area contributed by atoms with Crippen molar-refractivity contribution in [2.24, 2.45) is 5.73 Å². The Morgan fingerprint density at radius 1 is 0.627 bits per heavy atom. The molecule has 39 heteroatoms. The van der Waals surface area contributed by atoms with Gasteiger partial charge in [0.2, 0.25) is 11.2 Å². The molecule has 4 aromatic rings. The maximum Gasteiger partial charge on any atom is 0.411 e. The quantitative estimate of drug-likeness (QED) is 0.0407. The number of nitrogens with two attached hydrogens (primary N) is 4. The van der Waals surface area contributed by atoms with Gasteiger partial charge >= 0.3 is 24.7 Å². The minimum Gasteiger partial charge on any atom is -0.391 e. The summed E-state index contributed by atoms with van der Waals surface area (Å²) >= 11 is 28.2. The number of nitrogen functional groups attached to an aromatic ring is 3. The minimum absolute atomic E-state index is 0.00287. The lowest BCUT2D eigenvalue weighted by Gasteiger charge is -2.13. The Bertz CT molecular complexity index is 2270. The van der Waals surface area contributed by atoms with Gasteiger partial charge in [-0.3, -0.25) is 0 Å². The van der Waals surface area contributed by atoms with Gasteiger partial charge in [-0.15, -0.1) is 30.6 Å². The first-order valence-electron chi connectivity index (χ1n) is 20.3. The Morgan fingerprint density at radius 2 is 1.12 bits per heavy atom. The molecule has 3 aromatic heterocycles. The first-order valence-corrected chi connectivity index (χ1v) is 22.1. The van der Waals surface area contributed by atoms with Crippen LogP contribution in [0, 0.1) is 0 Å². The number of ether oxygens (including phenoxy) is 5. The lowest BCUT2D eigenvalue weighted by Crippen LogP contribution is -2.28. The van der Waals surface area contributed by atoms with Crippen LogP contribution in [0.5, 0.6) is 0 Å². The molecule has 75 heavy (non-hydrogen) atoms. The molecule has 22 nitrogen and oxygen atoms in total. The minimum atomic E-state index is -4.43. The van der Waals surface area contributed by atoms with Crippen LogP contribution in [-0.2, 0) is 30.1 Å². The van der Waals surface area contributed by atoms with Crippen molar-refractivity contribution in [3.8, 4) is 11.3 Å². The lowest BCUT2D eigenvalue weighted by atomic mass is 10.1. The smallest absolute Gasteiger partial charge is 0.391 e. The van der Waals surface area contributed by atoms with E-state index in [9.17, 15) is 62.9 Å². The molecule has 1 aliphatic heterocycles. The fraction of sp³-hybridized carbons (Fsp3) is 0.583. The number of hydrogen-bond donors (Lipinski definition) is 8. The Hall–Kier alpha value is -4.30. The highest BCUT2D eigenvalue weighted by atomic mass is 35.5. The third kappa shape index (κ3) is 34.9. The molecule has 0 aliphatic carbocycles. The molecule has 0 bridgehead atoms. The van der Waals surface area contributed by atoms with E-state index in [1.165, 1.54) is 0 Å². The summed E-state index contributed by atoms with van der Waals surface area (Å²) in [7, 11) is 0. The second-order valence-electron chi connectivity index (χ2n) is 14.2. The number of aliphatic hydroxyl groups is 3. The van der Waals surface area contributed by atoms with Crippen LogP contribution in [0.25, 0.3) is 11.3 Å².